The lowest BCUT2D eigenvalue weighted by Crippen LogP contribution is -2.42. The van der Waals surface area contributed by atoms with Crippen LogP contribution < -0.4 is 4.72 Å². The van der Waals surface area contributed by atoms with Crippen LogP contribution in [0.15, 0.2) is 23.1 Å². The predicted molar refractivity (Wildman–Crippen MR) is 77.0 cm³/mol. The summed E-state index contributed by atoms with van der Waals surface area (Å²) in [5.41, 5.74) is -0.583. The van der Waals surface area contributed by atoms with E-state index in [1.165, 1.54) is 12.1 Å². The van der Waals surface area contributed by atoms with Crippen molar-refractivity contribution in [2.24, 2.45) is 5.41 Å². The van der Waals surface area contributed by atoms with Gasteiger partial charge in [0, 0.05) is 6.54 Å². The molecule has 0 aliphatic heterocycles. The third-order valence-corrected chi connectivity index (χ3v) is 5.20. The van der Waals surface area contributed by atoms with E-state index < -0.39 is 32.1 Å². The molecule has 118 valence electrons. The fourth-order valence-electron chi connectivity index (χ4n) is 2.01. The summed E-state index contributed by atoms with van der Waals surface area (Å²) in [7, 11) is -4.09. The monoisotopic (exact) mass is 317 g/mol. The molecule has 7 heteroatoms. The molecule has 5 nitrogen and oxygen atoms in total. The molecule has 21 heavy (non-hydrogen) atoms. The first-order valence-electron chi connectivity index (χ1n) is 6.67. The van der Waals surface area contributed by atoms with Gasteiger partial charge in [0.25, 0.3) is 0 Å². The fraction of sp³-hybridized carbons (Fsp3) is 0.500. The first-order chi connectivity index (χ1) is 9.68. The van der Waals surface area contributed by atoms with E-state index in [0.717, 1.165) is 6.07 Å². The van der Waals surface area contributed by atoms with E-state index >= 15 is 0 Å². The molecule has 2 N–H and O–H groups in total. The molecular formula is C14H20FNO4S. The van der Waals surface area contributed by atoms with Crippen molar-refractivity contribution in [1.82, 2.24) is 4.72 Å². The van der Waals surface area contributed by atoms with Crippen LogP contribution in [0, 0.1) is 18.2 Å². The van der Waals surface area contributed by atoms with Crippen LogP contribution in [0.2, 0.25) is 0 Å². The van der Waals surface area contributed by atoms with Crippen LogP contribution in [-0.2, 0) is 14.8 Å². The van der Waals surface area contributed by atoms with E-state index in [-0.39, 0.29) is 19.4 Å². The van der Waals surface area contributed by atoms with Crippen LogP contribution in [-0.4, -0.2) is 26.0 Å². The number of hydrogen-bond acceptors (Lipinski definition) is 3. The quantitative estimate of drug-likeness (QED) is 0.808. The van der Waals surface area contributed by atoms with E-state index in [9.17, 15) is 22.7 Å². The molecule has 1 aromatic carbocycles. The molecule has 1 rings (SSSR count). The van der Waals surface area contributed by atoms with Gasteiger partial charge in [-0.3, -0.25) is 4.79 Å². The van der Waals surface area contributed by atoms with Gasteiger partial charge in [-0.05, 0) is 37.5 Å². The molecule has 0 aliphatic carbocycles. The van der Waals surface area contributed by atoms with Gasteiger partial charge in [-0.2, -0.15) is 0 Å². The molecule has 0 fully saturated rings. The molecule has 0 bridgehead atoms. The third-order valence-electron chi connectivity index (χ3n) is 3.78. The summed E-state index contributed by atoms with van der Waals surface area (Å²) in [6, 6.07) is 3.76. The first kappa shape index (κ1) is 17.6. The summed E-state index contributed by atoms with van der Waals surface area (Å²) < 4.78 is 40.2. The molecule has 0 saturated heterocycles. The van der Waals surface area contributed by atoms with Gasteiger partial charge in [0.1, 0.15) is 10.7 Å². The highest BCUT2D eigenvalue weighted by Crippen LogP contribution is 2.27. The van der Waals surface area contributed by atoms with Gasteiger partial charge in [0.2, 0.25) is 10.0 Å². The number of carboxylic acid groups (broad SMARTS) is 1. The normalized spacial score (nSPS) is 12.4. The minimum atomic E-state index is -4.09. The molecule has 0 spiro atoms. The lowest BCUT2D eigenvalue weighted by molar-refractivity contribution is -0.149. The molecule has 0 unspecified atom stereocenters. The number of carboxylic acids is 1. The number of carbonyl (C=O) groups is 1. The van der Waals surface area contributed by atoms with Crippen molar-refractivity contribution in [2.75, 3.05) is 6.54 Å². The Labute approximate surface area is 124 Å². The van der Waals surface area contributed by atoms with Gasteiger partial charge >= 0.3 is 5.97 Å². The molecule has 0 amide bonds. The van der Waals surface area contributed by atoms with Crippen molar-refractivity contribution < 1.29 is 22.7 Å². The third kappa shape index (κ3) is 3.79. The Morgan fingerprint density at radius 3 is 2.38 bits per heavy atom. The van der Waals surface area contributed by atoms with Crippen molar-refractivity contribution in [2.45, 2.75) is 38.5 Å². The van der Waals surface area contributed by atoms with E-state index in [4.69, 9.17) is 0 Å². The van der Waals surface area contributed by atoms with E-state index in [1.807, 2.05) is 0 Å². The van der Waals surface area contributed by atoms with Crippen molar-refractivity contribution in [3.8, 4) is 0 Å². The maximum Gasteiger partial charge on any atom is 0.310 e. The number of benzene rings is 1. The van der Waals surface area contributed by atoms with Crippen molar-refractivity contribution in [1.29, 1.82) is 0 Å². The highest BCUT2D eigenvalue weighted by molar-refractivity contribution is 7.89. The van der Waals surface area contributed by atoms with Crippen LogP contribution in [0.3, 0.4) is 0 Å². The summed E-state index contributed by atoms with van der Waals surface area (Å²) in [6.07, 6.45) is 0.551. The molecule has 0 radical (unpaired) electrons. The second kappa shape index (κ2) is 6.53. The van der Waals surface area contributed by atoms with E-state index in [0.29, 0.717) is 5.56 Å². The number of halogens is 1. The maximum absolute atomic E-state index is 13.7. The van der Waals surface area contributed by atoms with Crippen molar-refractivity contribution in [3.05, 3.63) is 29.6 Å². The smallest absolute Gasteiger partial charge is 0.310 e. The van der Waals surface area contributed by atoms with Crippen LogP contribution in [0.4, 0.5) is 4.39 Å². The van der Waals surface area contributed by atoms with E-state index in [2.05, 4.69) is 4.72 Å². The average Bonchev–Trinajstić information content (AvgIpc) is 2.42. The topological polar surface area (TPSA) is 83.5 Å². The molecule has 0 heterocycles. The van der Waals surface area contributed by atoms with Gasteiger partial charge in [-0.15, -0.1) is 0 Å². The number of sulfonamides is 1. The number of hydrogen-bond donors (Lipinski definition) is 2. The number of aliphatic carboxylic acids is 1. The number of aryl methyl sites for hydroxylation is 1. The zero-order valence-corrected chi connectivity index (χ0v) is 13.1. The zero-order valence-electron chi connectivity index (χ0n) is 12.3. The lowest BCUT2D eigenvalue weighted by atomic mass is 9.83. The summed E-state index contributed by atoms with van der Waals surface area (Å²) in [6.45, 7) is 4.74. The number of nitrogens with one attached hydrogen (secondary N) is 1. The second-order valence-electron chi connectivity index (χ2n) is 5.05. The Bertz CT molecular complexity index is 624. The van der Waals surface area contributed by atoms with Gasteiger partial charge in [-0.1, -0.05) is 19.9 Å². The minimum Gasteiger partial charge on any atom is -0.481 e. The molecule has 0 aromatic heterocycles. The Morgan fingerprint density at radius 2 is 1.90 bits per heavy atom. The summed E-state index contributed by atoms with van der Waals surface area (Å²) in [4.78, 5) is 10.9. The van der Waals surface area contributed by atoms with E-state index in [1.54, 1.807) is 20.8 Å². The average molecular weight is 317 g/mol. The van der Waals surface area contributed by atoms with Crippen molar-refractivity contribution >= 4 is 16.0 Å². The minimum absolute atomic E-state index is 0.273. The summed E-state index contributed by atoms with van der Waals surface area (Å²) >= 11 is 0. The lowest BCUT2D eigenvalue weighted by Gasteiger charge is -2.26. The standard InChI is InChI=1S/C14H20FNO4S/c1-4-14(5-2,13(17)18)9-16-21(19,20)12-8-10(3)6-7-11(12)15/h6-8,16H,4-5,9H2,1-3H3,(H,17,18). The van der Waals surface area contributed by atoms with Gasteiger partial charge in [-0.25, -0.2) is 17.5 Å². The van der Waals surface area contributed by atoms with Crippen LogP contribution in [0.5, 0.6) is 0 Å². The van der Waals surface area contributed by atoms with Gasteiger partial charge in [0.05, 0.1) is 5.41 Å². The zero-order chi connectivity index (χ0) is 16.3. The van der Waals surface area contributed by atoms with Crippen LogP contribution in [0.25, 0.3) is 0 Å². The SMILES string of the molecule is CCC(CC)(CNS(=O)(=O)c1cc(C)ccc1F)C(=O)O. The largest absolute Gasteiger partial charge is 0.481 e. The highest BCUT2D eigenvalue weighted by atomic mass is 32.2. The Hall–Kier alpha value is -1.47. The Morgan fingerprint density at radius 1 is 1.33 bits per heavy atom. The predicted octanol–water partition coefficient (Wildman–Crippen LogP) is 2.30. The van der Waals surface area contributed by atoms with Gasteiger partial charge in [0.15, 0.2) is 0 Å². The molecular weight excluding hydrogens is 297 g/mol. The Kier molecular flexibility index (Phi) is 5.47. The molecule has 0 aliphatic rings. The Balaban J connectivity index is 3.06. The molecule has 0 atom stereocenters. The number of rotatable bonds is 7. The highest BCUT2D eigenvalue weighted by Gasteiger charge is 2.36. The van der Waals surface area contributed by atoms with Gasteiger partial charge < -0.3 is 5.11 Å². The summed E-state index contributed by atoms with van der Waals surface area (Å²) in [5, 5.41) is 9.28. The van der Waals surface area contributed by atoms with Crippen molar-refractivity contribution in [3.63, 3.8) is 0 Å². The molecule has 1 aromatic rings. The van der Waals surface area contributed by atoms with Crippen LogP contribution in [0.1, 0.15) is 32.3 Å². The maximum atomic E-state index is 13.7. The van der Waals surface area contributed by atoms with Crippen LogP contribution >= 0.6 is 0 Å². The first-order valence-corrected chi connectivity index (χ1v) is 8.16. The fourth-order valence-corrected chi connectivity index (χ4v) is 3.29. The molecule has 0 saturated carbocycles. The summed E-state index contributed by atoms with van der Waals surface area (Å²) in [5.74, 6) is -1.93. The second-order valence-corrected chi connectivity index (χ2v) is 6.79.